The molecule has 0 aromatic carbocycles. The number of amides is 1. The lowest BCUT2D eigenvalue weighted by molar-refractivity contribution is -0.134. The average Bonchev–Trinajstić information content (AvgIpc) is 2.37. The molecular weight excluding hydrogens is 226 g/mol. The Kier molecular flexibility index (Phi) is 6.09. The van der Waals surface area contributed by atoms with Crippen LogP contribution in [-0.2, 0) is 4.79 Å². The first-order valence-corrected chi connectivity index (χ1v) is 7.23. The molecule has 1 aliphatic heterocycles. The van der Waals surface area contributed by atoms with E-state index in [0.29, 0.717) is 12.1 Å². The molecule has 2 N–H and O–H groups in total. The highest BCUT2D eigenvalue weighted by Gasteiger charge is 2.28. The number of nitrogens with two attached hydrogens (primary N) is 1. The maximum atomic E-state index is 12.1. The average molecular weight is 255 g/mol. The van der Waals surface area contributed by atoms with Gasteiger partial charge in [-0.2, -0.15) is 0 Å². The van der Waals surface area contributed by atoms with E-state index in [1.165, 1.54) is 0 Å². The maximum Gasteiger partial charge on any atom is 0.239 e. The second kappa shape index (κ2) is 7.10. The Labute approximate surface area is 111 Å². The molecule has 0 aromatic rings. The Bertz CT molecular complexity index is 260. The zero-order valence-electron chi connectivity index (χ0n) is 12.4. The molecule has 1 rings (SSSR count). The van der Waals surface area contributed by atoms with Crippen LogP contribution in [0, 0.1) is 0 Å². The van der Waals surface area contributed by atoms with E-state index in [-0.39, 0.29) is 11.9 Å². The van der Waals surface area contributed by atoms with E-state index in [2.05, 4.69) is 25.7 Å². The summed E-state index contributed by atoms with van der Waals surface area (Å²) in [7, 11) is 1.91. The molecule has 0 bridgehead atoms. The Morgan fingerprint density at radius 2 is 1.94 bits per heavy atom. The van der Waals surface area contributed by atoms with Gasteiger partial charge in [-0.3, -0.25) is 4.79 Å². The number of carbonyl (C=O) groups excluding carboxylic acids is 1. The van der Waals surface area contributed by atoms with Crippen LogP contribution in [0.2, 0.25) is 0 Å². The normalized spacial score (nSPS) is 20.1. The molecular formula is C14H29N3O. The van der Waals surface area contributed by atoms with E-state index < -0.39 is 0 Å². The molecule has 106 valence electrons. The molecule has 0 aliphatic carbocycles. The number of rotatable bonds is 5. The van der Waals surface area contributed by atoms with E-state index in [1.54, 1.807) is 0 Å². The first kappa shape index (κ1) is 15.4. The van der Waals surface area contributed by atoms with Crippen molar-refractivity contribution in [1.82, 2.24) is 9.80 Å². The van der Waals surface area contributed by atoms with Crippen LogP contribution in [0.3, 0.4) is 0 Å². The number of hydrogen-bond donors (Lipinski definition) is 1. The Morgan fingerprint density at radius 1 is 1.39 bits per heavy atom. The van der Waals surface area contributed by atoms with Gasteiger partial charge in [-0.05, 0) is 33.1 Å². The minimum Gasteiger partial charge on any atom is -0.341 e. The fraction of sp³-hybridized carbons (Fsp3) is 0.929. The zero-order chi connectivity index (χ0) is 13.7. The summed E-state index contributed by atoms with van der Waals surface area (Å²) in [5.41, 5.74) is 5.91. The quantitative estimate of drug-likeness (QED) is 0.809. The van der Waals surface area contributed by atoms with Crippen LogP contribution >= 0.6 is 0 Å². The van der Waals surface area contributed by atoms with Crippen molar-refractivity contribution in [2.45, 2.75) is 64.6 Å². The van der Waals surface area contributed by atoms with Crippen molar-refractivity contribution >= 4 is 5.91 Å². The summed E-state index contributed by atoms with van der Waals surface area (Å²) in [5.74, 6) is 0.111. The van der Waals surface area contributed by atoms with Crippen LogP contribution in [0.4, 0.5) is 0 Å². The number of likely N-dealkylation sites (N-methyl/N-ethyl adjacent to an activating group) is 1. The molecule has 1 amide bonds. The summed E-state index contributed by atoms with van der Waals surface area (Å²) in [4.78, 5) is 16.5. The molecule has 0 radical (unpaired) electrons. The van der Waals surface area contributed by atoms with Crippen LogP contribution in [-0.4, -0.2) is 54.0 Å². The second-order valence-corrected chi connectivity index (χ2v) is 5.71. The van der Waals surface area contributed by atoms with Gasteiger partial charge in [0.25, 0.3) is 0 Å². The summed E-state index contributed by atoms with van der Waals surface area (Å²) in [6.07, 6.45) is 3.89. The van der Waals surface area contributed by atoms with Crippen molar-refractivity contribution in [2.24, 2.45) is 5.73 Å². The summed E-state index contributed by atoms with van der Waals surface area (Å²) in [6.45, 7) is 8.69. The number of carbonyl (C=O) groups is 1. The number of likely N-dealkylation sites (tertiary alicyclic amines) is 1. The number of piperidine rings is 1. The monoisotopic (exact) mass is 255 g/mol. The van der Waals surface area contributed by atoms with Gasteiger partial charge in [-0.1, -0.05) is 13.3 Å². The van der Waals surface area contributed by atoms with Gasteiger partial charge in [0.05, 0.1) is 6.04 Å². The molecule has 1 heterocycles. The van der Waals surface area contributed by atoms with Crippen molar-refractivity contribution in [3.63, 3.8) is 0 Å². The van der Waals surface area contributed by atoms with Crippen LogP contribution in [0.25, 0.3) is 0 Å². The van der Waals surface area contributed by atoms with Crippen LogP contribution in [0.1, 0.15) is 46.5 Å². The number of hydrogen-bond acceptors (Lipinski definition) is 3. The van der Waals surface area contributed by atoms with E-state index in [0.717, 1.165) is 38.8 Å². The van der Waals surface area contributed by atoms with Crippen molar-refractivity contribution in [1.29, 1.82) is 0 Å². The first-order chi connectivity index (χ1) is 8.47. The Balaban J connectivity index is 2.44. The van der Waals surface area contributed by atoms with E-state index in [4.69, 9.17) is 5.73 Å². The minimum absolute atomic E-state index is 0.111. The third kappa shape index (κ3) is 3.95. The lowest BCUT2D eigenvalue weighted by atomic mass is 10.0. The highest BCUT2D eigenvalue weighted by molar-refractivity contribution is 5.81. The molecule has 1 saturated heterocycles. The molecule has 0 saturated carbocycles. The van der Waals surface area contributed by atoms with Crippen molar-refractivity contribution in [3.05, 3.63) is 0 Å². The van der Waals surface area contributed by atoms with Gasteiger partial charge in [-0.25, -0.2) is 0 Å². The molecule has 0 spiro atoms. The Hall–Kier alpha value is -0.610. The van der Waals surface area contributed by atoms with Gasteiger partial charge in [-0.15, -0.1) is 0 Å². The SMILES string of the molecule is CCC[C@@H](N)C(=O)N(C)C1CCN(C(C)C)CC1. The standard InChI is InChI=1S/C14H29N3O/c1-5-6-13(15)14(18)16(4)12-7-9-17(10-8-12)11(2)3/h11-13H,5-10,15H2,1-4H3/t13-/m1/s1. The molecule has 0 unspecified atom stereocenters. The van der Waals surface area contributed by atoms with Crippen LogP contribution in [0.5, 0.6) is 0 Å². The molecule has 1 aliphatic rings. The predicted octanol–water partition coefficient (Wildman–Crippen LogP) is 1.45. The first-order valence-electron chi connectivity index (χ1n) is 7.23. The van der Waals surface area contributed by atoms with Gasteiger partial charge in [0, 0.05) is 32.2 Å². The van der Waals surface area contributed by atoms with E-state index in [9.17, 15) is 4.79 Å². The molecule has 4 nitrogen and oxygen atoms in total. The third-order valence-corrected chi connectivity index (χ3v) is 4.04. The number of nitrogens with zero attached hydrogens (tertiary/aromatic N) is 2. The molecule has 4 heteroatoms. The van der Waals surface area contributed by atoms with Crippen molar-refractivity contribution < 1.29 is 4.79 Å². The smallest absolute Gasteiger partial charge is 0.239 e. The molecule has 1 atom stereocenters. The lowest BCUT2D eigenvalue weighted by Gasteiger charge is -2.39. The Morgan fingerprint density at radius 3 is 2.39 bits per heavy atom. The summed E-state index contributed by atoms with van der Waals surface area (Å²) < 4.78 is 0. The predicted molar refractivity (Wildman–Crippen MR) is 75.4 cm³/mol. The van der Waals surface area contributed by atoms with Gasteiger partial charge in [0.15, 0.2) is 0 Å². The highest BCUT2D eigenvalue weighted by Crippen LogP contribution is 2.18. The van der Waals surface area contributed by atoms with E-state index >= 15 is 0 Å². The van der Waals surface area contributed by atoms with Crippen molar-refractivity contribution in [3.8, 4) is 0 Å². The molecule has 1 fully saturated rings. The van der Waals surface area contributed by atoms with Gasteiger partial charge in [0.2, 0.25) is 5.91 Å². The lowest BCUT2D eigenvalue weighted by Crippen LogP contribution is -2.51. The summed E-state index contributed by atoms with van der Waals surface area (Å²) in [6, 6.07) is 0.660. The minimum atomic E-state index is -0.317. The third-order valence-electron chi connectivity index (χ3n) is 4.04. The fourth-order valence-corrected chi connectivity index (χ4v) is 2.67. The van der Waals surface area contributed by atoms with E-state index in [1.807, 2.05) is 11.9 Å². The van der Waals surface area contributed by atoms with Gasteiger partial charge < -0.3 is 15.5 Å². The van der Waals surface area contributed by atoms with Gasteiger partial charge in [0.1, 0.15) is 0 Å². The van der Waals surface area contributed by atoms with Crippen LogP contribution < -0.4 is 5.73 Å². The summed E-state index contributed by atoms with van der Waals surface area (Å²) in [5, 5.41) is 0. The molecule has 0 aromatic heterocycles. The summed E-state index contributed by atoms with van der Waals surface area (Å²) >= 11 is 0. The van der Waals surface area contributed by atoms with Gasteiger partial charge >= 0.3 is 0 Å². The van der Waals surface area contributed by atoms with Crippen molar-refractivity contribution in [2.75, 3.05) is 20.1 Å². The topological polar surface area (TPSA) is 49.6 Å². The largest absolute Gasteiger partial charge is 0.341 e. The zero-order valence-corrected chi connectivity index (χ0v) is 12.4. The second-order valence-electron chi connectivity index (χ2n) is 5.71. The fourth-order valence-electron chi connectivity index (χ4n) is 2.67. The molecule has 18 heavy (non-hydrogen) atoms. The maximum absolute atomic E-state index is 12.1. The van der Waals surface area contributed by atoms with Crippen LogP contribution in [0.15, 0.2) is 0 Å². The highest BCUT2D eigenvalue weighted by atomic mass is 16.2.